The van der Waals surface area contributed by atoms with Crippen molar-refractivity contribution in [2.45, 2.75) is 0 Å². The van der Waals surface area contributed by atoms with Gasteiger partial charge in [-0.15, -0.1) is 0 Å². The van der Waals surface area contributed by atoms with Gasteiger partial charge in [0.2, 0.25) is 0 Å². The summed E-state index contributed by atoms with van der Waals surface area (Å²) in [6.07, 6.45) is -0.426. The molecule has 0 unspecified atom stereocenters. The standard InChI is InChI=1S/C14H22N2O4/c1-15-7-8-16-14(17)20-12-10-18-9-11-19-13-5-3-2-4-6-13/h2-6,15H,7-12H2,1H3,(H,16,17). The number of hydrogen-bond acceptors (Lipinski definition) is 5. The summed E-state index contributed by atoms with van der Waals surface area (Å²) in [5.41, 5.74) is 0. The number of carbonyl (C=O) groups excluding carboxylic acids is 1. The topological polar surface area (TPSA) is 68.8 Å². The highest BCUT2D eigenvalue weighted by Gasteiger charge is 1.99. The second-order valence-corrected chi connectivity index (χ2v) is 3.94. The molecule has 20 heavy (non-hydrogen) atoms. The largest absolute Gasteiger partial charge is 0.491 e. The van der Waals surface area contributed by atoms with Crippen LogP contribution in [0.25, 0.3) is 0 Å². The molecular weight excluding hydrogens is 260 g/mol. The fourth-order valence-corrected chi connectivity index (χ4v) is 1.37. The molecule has 1 aromatic carbocycles. The maximum Gasteiger partial charge on any atom is 0.407 e. The smallest absolute Gasteiger partial charge is 0.407 e. The molecule has 0 radical (unpaired) electrons. The van der Waals surface area contributed by atoms with Gasteiger partial charge in [-0.2, -0.15) is 0 Å². The summed E-state index contributed by atoms with van der Waals surface area (Å²) in [6, 6.07) is 9.53. The van der Waals surface area contributed by atoms with Crippen LogP contribution in [0.5, 0.6) is 5.75 Å². The van der Waals surface area contributed by atoms with Crippen LogP contribution in [0.15, 0.2) is 30.3 Å². The minimum absolute atomic E-state index is 0.233. The highest BCUT2D eigenvalue weighted by molar-refractivity contribution is 5.67. The molecule has 0 aliphatic rings. The molecule has 112 valence electrons. The number of nitrogens with one attached hydrogen (secondary N) is 2. The van der Waals surface area contributed by atoms with Crippen LogP contribution in [0.1, 0.15) is 0 Å². The summed E-state index contributed by atoms with van der Waals surface area (Å²) in [5.74, 6) is 0.816. The molecule has 1 rings (SSSR count). The first-order valence-corrected chi connectivity index (χ1v) is 6.63. The first-order chi connectivity index (χ1) is 9.83. The quantitative estimate of drug-likeness (QED) is 0.627. The van der Waals surface area contributed by atoms with Gasteiger partial charge in [0.05, 0.1) is 13.2 Å². The molecule has 0 aliphatic carbocycles. The van der Waals surface area contributed by atoms with E-state index in [9.17, 15) is 4.79 Å². The minimum atomic E-state index is -0.426. The third kappa shape index (κ3) is 8.34. The number of para-hydroxylation sites is 1. The molecule has 2 N–H and O–H groups in total. The van der Waals surface area contributed by atoms with Crippen LogP contribution in [0.4, 0.5) is 4.79 Å². The van der Waals surface area contributed by atoms with Gasteiger partial charge >= 0.3 is 6.09 Å². The third-order valence-electron chi connectivity index (χ3n) is 2.34. The molecule has 0 heterocycles. The molecule has 0 saturated carbocycles. The van der Waals surface area contributed by atoms with E-state index in [0.717, 1.165) is 5.75 Å². The van der Waals surface area contributed by atoms with E-state index in [-0.39, 0.29) is 6.61 Å². The zero-order valence-corrected chi connectivity index (χ0v) is 11.8. The molecule has 1 aromatic rings. The second kappa shape index (κ2) is 11.1. The Kier molecular flexibility index (Phi) is 9.00. The summed E-state index contributed by atoms with van der Waals surface area (Å²) in [4.78, 5) is 11.2. The Balaban J connectivity index is 1.88. The molecule has 6 nitrogen and oxygen atoms in total. The van der Waals surface area contributed by atoms with E-state index in [1.165, 1.54) is 0 Å². The van der Waals surface area contributed by atoms with E-state index in [4.69, 9.17) is 14.2 Å². The van der Waals surface area contributed by atoms with E-state index in [1.54, 1.807) is 0 Å². The van der Waals surface area contributed by atoms with E-state index >= 15 is 0 Å². The Hall–Kier alpha value is -1.79. The third-order valence-corrected chi connectivity index (χ3v) is 2.34. The highest BCUT2D eigenvalue weighted by Crippen LogP contribution is 2.07. The molecular formula is C14H22N2O4. The van der Waals surface area contributed by atoms with E-state index in [0.29, 0.717) is 32.9 Å². The number of alkyl carbamates (subject to hydrolysis) is 1. The minimum Gasteiger partial charge on any atom is -0.491 e. The zero-order chi connectivity index (χ0) is 14.5. The summed E-state index contributed by atoms with van der Waals surface area (Å²) in [7, 11) is 1.82. The predicted octanol–water partition coefficient (Wildman–Crippen LogP) is 1.03. The second-order valence-electron chi connectivity index (χ2n) is 3.94. The van der Waals surface area contributed by atoms with Gasteiger partial charge in [-0.25, -0.2) is 4.79 Å². The van der Waals surface area contributed by atoms with Crippen LogP contribution in [-0.2, 0) is 9.47 Å². The Bertz CT molecular complexity index is 359. The summed E-state index contributed by atoms with van der Waals surface area (Å²) in [5, 5.41) is 5.52. The number of ether oxygens (including phenoxy) is 3. The highest BCUT2D eigenvalue weighted by atomic mass is 16.6. The average molecular weight is 282 g/mol. The van der Waals surface area contributed by atoms with Gasteiger partial charge in [0.25, 0.3) is 0 Å². The molecule has 6 heteroatoms. The van der Waals surface area contributed by atoms with Crippen LogP contribution in [0.2, 0.25) is 0 Å². The lowest BCUT2D eigenvalue weighted by Gasteiger charge is -2.08. The van der Waals surface area contributed by atoms with Crippen molar-refractivity contribution < 1.29 is 19.0 Å². The Morgan fingerprint density at radius 3 is 2.55 bits per heavy atom. The van der Waals surface area contributed by atoms with E-state index < -0.39 is 6.09 Å². The van der Waals surface area contributed by atoms with Gasteiger partial charge in [0.1, 0.15) is 19.0 Å². The predicted molar refractivity (Wildman–Crippen MR) is 76.0 cm³/mol. The lowest BCUT2D eigenvalue weighted by molar-refractivity contribution is 0.0579. The Labute approximate surface area is 119 Å². The van der Waals surface area contributed by atoms with Gasteiger partial charge in [-0.3, -0.25) is 0 Å². The first-order valence-electron chi connectivity index (χ1n) is 6.63. The molecule has 0 bridgehead atoms. The van der Waals surface area contributed by atoms with Crippen LogP contribution in [0, 0.1) is 0 Å². The van der Waals surface area contributed by atoms with Crippen molar-refractivity contribution in [1.82, 2.24) is 10.6 Å². The SMILES string of the molecule is CNCCNC(=O)OCCOCCOc1ccccc1. The Morgan fingerprint density at radius 2 is 1.80 bits per heavy atom. The van der Waals surface area contributed by atoms with Crippen LogP contribution in [-0.4, -0.2) is 52.7 Å². The number of likely N-dealkylation sites (N-methyl/N-ethyl adjacent to an activating group) is 1. The normalized spacial score (nSPS) is 10.1. The fraction of sp³-hybridized carbons (Fsp3) is 0.500. The maximum atomic E-state index is 11.2. The van der Waals surface area contributed by atoms with Crippen molar-refractivity contribution in [3.8, 4) is 5.75 Å². The molecule has 0 spiro atoms. The van der Waals surface area contributed by atoms with E-state index in [1.807, 2.05) is 37.4 Å². The molecule has 0 saturated heterocycles. The van der Waals surface area contributed by atoms with Crippen molar-refractivity contribution in [2.24, 2.45) is 0 Å². The molecule has 1 amide bonds. The maximum absolute atomic E-state index is 11.2. The van der Waals surface area contributed by atoms with Crippen LogP contribution >= 0.6 is 0 Å². The van der Waals surface area contributed by atoms with Gasteiger partial charge in [-0.1, -0.05) is 18.2 Å². The van der Waals surface area contributed by atoms with E-state index in [2.05, 4.69) is 10.6 Å². The van der Waals surface area contributed by atoms with Crippen molar-refractivity contribution in [3.05, 3.63) is 30.3 Å². The summed E-state index contributed by atoms with van der Waals surface area (Å²) >= 11 is 0. The van der Waals surface area contributed by atoms with Crippen molar-refractivity contribution >= 4 is 6.09 Å². The van der Waals surface area contributed by atoms with Crippen molar-refractivity contribution in [1.29, 1.82) is 0 Å². The van der Waals surface area contributed by atoms with Crippen molar-refractivity contribution in [2.75, 3.05) is 46.6 Å². The monoisotopic (exact) mass is 282 g/mol. The van der Waals surface area contributed by atoms with Crippen LogP contribution < -0.4 is 15.4 Å². The van der Waals surface area contributed by atoms with Gasteiger partial charge in [0, 0.05) is 13.1 Å². The zero-order valence-electron chi connectivity index (χ0n) is 11.8. The average Bonchev–Trinajstić information content (AvgIpc) is 2.47. The Morgan fingerprint density at radius 1 is 1.05 bits per heavy atom. The molecule has 0 atom stereocenters. The molecule has 0 aromatic heterocycles. The first kappa shape index (κ1) is 16.3. The summed E-state index contributed by atoms with van der Waals surface area (Å²) in [6.45, 7) is 2.77. The number of benzene rings is 1. The van der Waals surface area contributed by atoms with Gasteiger partial charge in [-0.05, 0) is 19.2 Å². The number of hydrogen-bond donors (Lipinski definition) is 2. The van der Waals surface area contributed by atoms with Crippen molar-refractivity contribution in [3.63, 3.8) is 0 Å². The number of carbonyl (C=O) groups is 1. The van der Waals surface area contributed by atoms with Gasteiger partial charge < -0.3 is 24.8 Å². The molecule has 0 aliphatic heterocycles. The van der Waals surface area contributed by atoms with Crippen LogP contribution in [0.3, 0.4) is 0 Å². The lowest BCUT2D eigenvalue weighted by Crippen LogP contribution is -2.31. The number of rotatable bonds is 10. The lowest BCUT2D eigenvalue weighted by atomic mass is 10.3. The summed E-state index contributed by atoms with van der Waals surface area (Å²) < 4.78 is 15.6. The fourth-order valence-electron chi connectivity index (χ4n) is 1.37. The number of amides is 1. The van der Waals surface area contributed by atoms with Gasteiger partial charge in [0.15, 0.2) is 0 Å². The molecule has 0 fully saturated rings.